The van der Waals surface area contributed by atoms with Crippen molar-refractivity contribution in [3.63, 3.8) is 0 Å². The first-order valence-electron chi connectivity index (χ1n) is 10.1. The van der Waals surface area contributed by atoms with Gasteiger partial charge >= 0.3 is 0 Å². The van der Waals surface area contributed by atoms with E-state index in [-0.39, 0.29) is 17.7 Å². The van der Waals surface area contributed by atoms with Gasteiger partial charge < -0.3 is 10.0 Å². The Morgan fingerprint density at radius 3 is 2.74 bits per heavy atom. The summed E-state index contributed by atoms with van der Waals surface area (Å²) in [6.45, 7) is 5.44. The average molecular weight is 367 g/mol. The van der Waals surface area contributed by atoms with Gasteiger partial charge in [-0.1, -0.05) is 44.9 Å². The lowest BCUT2D eigenvalue weighted by molar-refractivity contribution is -0.0887. The van der Waals surface area contributed by atoms with Crippen LogP contribution in [0.4, 0.5) is 0 Å². The van der Waals surface area contributed by atoms with E-state index in [0.29, 0.717) is 25.2 Å². The van der Waals surface area contributed by atoms with Gasteiger partial charge in [0, 0.05) is 19.0 Å². The van der Waals surface area contributed by atoms with Crippen LogP contribution in [-0.2, 0) is 0 Å². The summed E-state index contributed by atoms with van der Waals surface area (Å²) in [6, 6.07) is 11.8. The van der Waals surface area contributed by atoms with E-state index in [0.717, 1.165) is 37.1 Å². The zero-order chi connectivity index (χ0) is 19.0. The van der Waals surface area contributed by atoms with Crippen molar-refractivity contribution in [3.8, 4) is 5.69 Å². The molecule has 2 fully saturated rings. The van der Waals surface area contributed by atoms with E-state index in [9.17, 15) is 9.90 Å². The Hall–Kier alpha value is -2.14. The van der Waals surface area contributed by atoms with Gasteiger partial charge in [0.1, 0.15) is 5.69 Å². The molecular weight excluding hydrogens is 338 g/mol. The third-order valence-electron chi connectivity index (χ3n) is 6.25. The van der Waals surface area contributed by atoms with Gasteiger partial charge in [0.2, 0.25) is 0 Å². The van der Waals surface area contributed by atoms with E-state index in [4.69, 9.17) is 5.10 Å². The van der Waals surface area contributed by atoms with Gasteiger partial charge in [0.25, 0.3) is 5.91 Å². The van der Waals surface area contributed by atoms with E-state index in [1.165, 1.54) is 0 Å². The number of carbonyl (C=O) groups excluding carboxylic acids is 1. The molecular formula is C22H29N3O2. The maximum Gasteiger partial charge on any atom is 0.272 e. The largest absolute Gasteiger partial charge is 0.389 e. The molecule has 5 heteroatoms. The van der Waals surface area contributed by atoms with E-state index < -0.39 is 5.60 Å². The van der Waals surface area contributed by atoms with Crippen molar-refractivity contribution in [2.75, 3.05) is 13.1 Å². The maximum atomic E-state index is 13.4. The summed E-state index contributed by atoms with van der Waals surface area (Å²) >= 11 is 0. The molecule has 0 spiro atoms. The summed E-state index contributed by atoms with van der Waals surface area (Å²) in [5.41, 5.74) is 1.87. The molecule has 1 aliphatic carbocycles. The van der Waals surface area contributed by atoms with E-state index in [1.807, 2.05) is 41.3 Å². The van der Waals surface area contributed by atoms with Gasteiger partial charge in [-0.25, -0.2) is 4.68 Å². The summed E-state index contributed by atoms with van der Waals surface area (Å²) in [7, 11) is 0. The first-order valence-corrected chi connectivity index (χ1v) is 10.1. The molecule has 4 rings (SSSR count). The number of fused-ring (bicyclic) bond motifs is 1. The molecule has 2 aliphatic rings. The maximum absolute atomic E-state index is 13.4. The molecule has 1 saturated heterocycles. The highest BCUT2D eigenvalue weighted by atomic mass is 16.3. The van der Waals surface area contributed by atoms with Crippen molar-refractivity contribution in [3.05, 3.63) is 47.8 Å². The van der Waals surface area contributed by atoms with Gasteiger partial charge in [-0.05, 0) is 43.4 Å². The number of hydrogen-bond acceptors (Lipinski definition) is 3. The quantitative estimate of drug-likeness (QED) is 0.898. The van der Waals surface area contributed by atoms with Gasteiger partial charge in [0.15, 0.2) is 0 Å². The smallest absolute Gasteiger partial charge is 0.272 e. The highest BCUT2D eigenvalue weighted by Crippen LogP contribution is 2.40. The van der Waals surface area contributed by atoms with Crippen LogP contribution in [0.15, 0.2) is 36.4 Å². The highest BCUT2D eigenvalue weighted by Gasteiger charge is 2.44. The van der Waals surface area contributed by atoms with Gasteiger partial charge in [-0.3, -0.25) is 4.79 Å². The van der Waals surface area contributed by atoms with Gasteiger partial charge in [-0.2, -0.15) is 5.10 Å². The van der Waals surface area contributed by atoms with Crippen molar-refractivity contribution in [1.29, 1.82) is 0 Å². The van der Waals surface area contributed by atoms with Crippen LogP contribution in [0.5, 0.6) is 0 Å². The monoisotopic (exact) mass is 367 g/mol. The molecule has 5 nitrogen and oxygen atoms in total. The van der Waals surface area contributed by atoms with Crippen LogP contribution >= 0.6 is 0 Å². The van der Waals surface area contributed by atoms with Crippen molar-refractivity contribution >= 4 is 5.91 Å². The predicted octanol–water partition coefficient (Wildman–Crippen LogP) is 3.76. The zero-order valence-corrected chi connectivity index (χ0v) is 16.3. The molecule has 2 heterocycles. The van der Waals surface area contributed by atoms with Crippen LogP contribution < -0.4 is 0 Å². The Bertz CT molecular complexity index is 814. The molecule has 1 aliphatic heterocycles. The number of nitrogens with zero attached hydrogens (tertiary/aromatic N) is 3. The number of likely N-dealkylation sites (tertiary alicyclic amines) is 1. The zero-order valence-electron chi connectivity index (χ0n) is 16.3. The summed E-state index contributed by atoms with van der Waals surface area (Å²) in [5.74, 6) is 0.471. The number of piperidine rings is 1. The van der Waals surface area contributed by atoms with Crippen molar-refractivity contribution in [1.82, 2.24) is 14.7 Å². The third-order valence-corrected chi connectivity index (χ3v) is 6.25. The molecule has 2 aromatic rings. The lowest BCUT2D eigenvalue weighted by Gasteiger charge is -2.47. The number of aromatic nitrogens is 2. The summed E-state index contributed by atoms with van der Waals surface area (Å²) in [6.07, 6.45) is 4.81. The van der Waals surface area contributed by atoms with Crippen LogP contribution in [0.25, 0.3) is 5.69 Å². The first-order chi connectivity index (χ1) is 13.0. The Kier molecular flexibility index (Phi) is 4.81. The number of para-hydroxylation sites is 1. The minimum atomic E-state index is -0.572. The first kappa shape index (κ1) is 18.2. The number of hydrogen-bond donors (Lipinski definition) is 1. The number of aliphatic hydroxyl groups is 1. The summed E-state index contributed by atoms with van der Waals surface area (Å²) in [4.78, 5) is 15.3. The van der Waals surface area contributed by atoms with Crippen molar-refractivity contribution in [2.24, 2.45) is 5.92 Å². The SMILES string of the molecule is CC(C)c1cc(C(=O)N2CC[C@]3(O)CCCC[C@@H]3C2)n(-c2ccccc2)n1. The van der Waals surface area contributed by atoms with E-state index in [2.05, 4.69) is 13.8 Å². The fourth-order valence-electron chi connectivity index (χ4n) is 4.52. The summed E-state index contributed by atoms with van der Waals surface area (Å²) < 4.78 is 1.78. The fourth-order valence-corrected chi connectivity index (χ4v) is 4.52. The predicted molar refractivity (Wildman–Crippen MR) is 105 cm³/mol. The second kappa shape index (κ2) is 7.12. The lowest BCUT2D eigenvalue weighted by atomic mass is 9.71. The molecule has 0 radical (unpaired) electrons. The topological polar surface area (TPSA) is 58.4 Å². The lowest BCUT2D eigenvalue weighted by Crippen LogP contribution is -2.54. The number of rotatable bonds is 3. The fraction of sp³-hybridized carbons (Fsp3) is 0.545. The number of benzene rings is 1. The molecule has 1 aromatic heterocycles. The highest BCUT2D eigenvalue weighted by molar-refractivity contribution is 5.93. The Labute approximate surface area is 161 Å². The Morgan fingerprint density at radius 2 is 2.00 bits per heavy atom. The molecule has 1 amide bonds. The molecule has 2 atom stereocenters. The van der Waals surface area contributed by atoms with Crippen LogP contribution in [0, 0.1) is 5.92 Å². The second-order valence-corrected chi connectivity index (χ2v) is 8.40. The molecule has 1 N–H and O–H groups in total. The van der Waals surface area contributed by atoms with Crippen LogP contribution in [-0.4, -0.2) is 44.4 Å². The van der Waals surface area contributed by atoms with Crippen LogP contribution in [0.2, 0.25) is 0 Å². The van der Waals surface area contributed by atoms with Crippen LogP contribution in [0.3, 0.4) is 0 Å². The Morgan fingerprint density at radius 1 is 1.22 bits per heavy atom. The standard InChI is InChI=1S/C22H29N3O2/c1-16(2)19-14-20(25(23-19)18-9-4-3-5-10-18)21(26)24-13-12-22(27)11-7-6-8-17(22)15-24/h3-5,9-10,14,16-17,27H,6-8,11-13,15H2,1-2H3/t17-,22-/m1/s1. The second-order valence-electron chi connectivity index (χ2n) is 8.40. The minimum Gasteiger partial charge on any atom is -0.389 e. The third kappa shape index (κ3) is 3.41. The Balaban J connectivity index is 1.64. The molecule has 0 bridgehead atoms. The van der Waals surface area contributed by atoms with E-state index in [1.54, 1.807) is 4.68 Å². The number of amides is 1. The van der Waals surface area contributed by atoms with Gasteiger partial charge in [0.05, 0.1) is 17.0 Å². The minimum absolute atomic E-state index is 0.0193. The normalized spacial score (nSPS) is 25.5. The van der Waals surface area contributed by atoms with Crippen molar-refractivity contribution in [2.45, 2.75) is 57.5 Å². The van der Waals surface area contributed by atoms with Crippen molar-refractivity contribution < 1.29 is 9.90 Å². The molecule has 144 valence electrons. The molecule has 1 aromatic carbocycles. The van der Waals surface area contributed by atoms with Crippen LogP contribution in [0.1, 0.15) is 68.1 Å². The van der Waals surface area contributed by atoms with E-state index >= 15 is 0 Å². The van der Waals surface area contributed by atoms with Gasteiger partial charge in [-0.15, -0.1) is 0 Å². The summed E-state index contributed by atoms with van der Waals surface area (Å²) in [5, 5.41) is 15.6. The number of carbonyl (C=O) groups is 1. The molecule has 0 unspecified atom stereocenters. The average Bonchev–Trinajstić information content (AvgIpc) is 3.13. The molecule has 1 saturated carbocycles. The molecule has 27 heavy (non-hydrogen) atoms.